The lowest BCUT2D eigenvalue weighted by Crippen LogP contribution is -2.25. The van der Waals surface area contributed by atoms with Gasteiger partial charge in [0.15, 0.2) is 46.5 Å². The zero-order chi connectivity index (χ0) is 42.8. The smallest absolute Gasteiger partial charge is 0.305 e. The highest BCUT2D eigenvalue weighted by molar-refractivity contribution is 5.91. The second kappa shape index (κ2) is 15.0. The maximum atomic E-state index is 15.8. The Hall–Kier alpha value is -6.08. The van der Waals surface area contributed by atoms with E-state index in [0.29, 0.717) is 24.3 Å². The van der Waals surface area contributed by atoms with Gasteiger partial charge in [0.05, 0.1) is 17.1 Å². The minimum absolute atomic E-state index is 0.00619. The highest BCUT2D eigenvalue weighted by Crippen LogP contribution is 2.50. The lowest BCUT2D eigenvalue weighted by atomic mass is 9.91. The van der Waals surface area contributed by atoms with Gasteiger partial charge in [0, 0.05) is 23.4 Å². The number of alkyl halides is 6. The zero-order valence-corrected chi connectivity index (χ0v) is 28.0. The van der Waals surface area contributed by atoms with Crippen LogP contribution in [0.25, 0.3) is 5.57 Å². The van der Waals surface area contributed by atoms with Crippen LogP contribution < -0.4 is 9.80 Å². The Bertz CT molecular complexity index is 2440. The summed E-state index contributed by atoms with van der Waals surface area (Å²) in [4.78, 5) is 0.0297. The van der Waals surface area contributed by atoms with Crippen LogP contribution in [0.15, 0.2) is 78.5 Å². The highest BCUT2D eigenvalue weighted by Gasteiger charge is 2.45. The maximum absolute atomic E-state index is 15.8. The molecule has 20 heteroatoms. The number of para-hydroxylation sites is 1. The molecular formula is C38H16F18N2. The second-order valence-electron chi connectivity index (χ2n) is 12.2. The van der Waals surface area contributed by atoms with Gasteiger partial charge in [-0.2, -0.15) is 26.3 Å². The van der Waals surface area contributed by atoms with Crippen LogP contribution in [0, 0.1) is 69.8 Å². The van der Waals surface area contributed by atoms with Gasteiger partial charge in [-0.25, -0.2) is 52.7 Å². The van der Waals surface area contributed by atoms with E-state index in [4.69, 9.17) is 0 Å². The van der Waals surface area contributed by atoms with E-state index in [0.717, 1.165) is 36.4 Å². The van der Waals surface area contributed by atoms with Gasteiger partial charge in [-0.3, -0.25) is 0 Å². The first kappa shape index (κ1) is 41.6. The first-order valence-electron chi connectivity index (χ1n) is 15.9. The van der Waals surface area contributed by atoms with Crippen molar-refractivity contribution in [1.82, 2.24) is 0 Å². The molecule has 0 aliphatic heterocycles. The molecule has 0 saturated heterocycles. The van der Waals surface area contributed by atoms with E-state index in [1.54, 1.807) is 0 Å². The van der Waals surface area contributed by atoms with Gasteiger partial charge in [-0.05, 0) is 54.8 Å². The van der Waals surface area contributed by atoms with E-state index in [9.17, 15) is 43.9 Å². The third-order valence-electron chi connectivity index (χ3n) is 8.56. The standard InChI is InChI=1S/C38H16F18N2/c39-15-9-16(40)12-19(11-15)57(35-31(47)27(43)25(37(51,52)53)28(44)32(35)48)23-7-3-1-5-21(23)22-6-2-4-8-24(22)58(20-13-17(41)10-18(42)14-20)36-33(49)29(45)26(38(54,55)56)30(46)34(36)50/h1,3-5,7-14H,2,6H2. The van der Waals surface area contributed by atoms with Crippen LogP contribution in [0.3, 0.4) is 0 Å². The third kappa shape index (κ3) is 7.30. The van der Waals surface area contributed by atoms with Crippen LogP contribution in [0.1, 0.15) is 29.5 Å². The maximum Gasteiger partial charge on any atom is 0.422 e. The minimum atomic E-state index is -6.04. The number of benzene rings is 5. The summed E-state index contributed by atoms with van der Waals surface area (Å²) in [5.74, 6) is -29.2. The fourth-order valence-electron chi connectivity index (χ4n) is 6.30. The van der Waals surface area contributed by atoms with Crippen molar-refractivity contribution >= 4 is 34.0 Å². The monoisotopic (exact) mass is 842 g/mol. The Labute approximate surface area is 313 Å². The summed E-state index contributed by atoms with van der Waals surface area (Å²) < 4.78 is 263. The Morgan fingerprint density at radius 3 is 1.24 bits per heavy atom. The van der Waals surface area contributed by atoms with E-state index in [1.807, 2.05) is 0 Å². The molecule has 6 rings (SSSR count). The molecule has 1 aliphatic rings. The van der Waals surface area contributed by atoms with Gasteiger partial charge in [0.2, 0.25) is 0 Å². The molecule has 0 aromatic heterocycles. The molecule has 0 spiro atoms. The fraction of sp³-hybridized carbons (Fsp3) is 0.105. The van der Waals surface area contributed by atoms with E-state index in [1.165, 1.54) is 0 Å². The third-order valence-corrected chi connectivity index (χ3v) is 8.56. The van der Waals surface area contributed by atoms with Gasteiger partial charge in [-0.1, -0.05) is 24.3 Å². The van der Waals surface area contributed by atoms with Crippen LogP contribution in [0.2, 0.25) is 0 Å². The molecular weight excluding hydrogens is 826 g/mol. The Morgan fingerprint density at radius 2 is 0.828 bits per heavy atom. The predicted molar refractivity (Wildman–Crippen MR) is 171 cm³/mol. The fourth-order valence-corrected chi connectivity index (χ4v) is 6.30. The summed E-state index contributed by atoms with van der Waals surface area (Å²) in [6, 6.07) is 5.52. The van der Waals surface area contributed by atoms with Crippen molar-refractivity contribution in [3.05, 3.63) is 165 Å². The SMILES string of the molecule is Fc1cc(F)cc(N(C2=C(c3ccccc3N(c3cc(F)cc(F)c3)c3c(F)c(F)c(C(F)(F)F)c(F)c3F)CCC=C2)c2c(F)c(F)c(C(F)(F)F)c(F)c2F)c1. The van der Waals surface area contributed by atoms with E-state index in [-0.39, 0.29) is 28.4 Å². The molecule has 0 bridgehead atoms. The largest absolute Gasteiger partial charge is 0.422 e. The normalized spacial score (nSPS) is 13.4. The molecule has 0 atom stereocenters. The van der Waals surface area contributed by atoms with Gasteiger partial charge in [0.25, 0.3) is 0 Å². The summed E-state index contributed by atoms with van der Waals surface area (Å²) >= 11 is 0. The van der Waals surface area contributed by atoms with Crippen molar-refractivity contribution in [3.63, 3.8) is 0 Å². The predicted octanol–water partition coefficient (Wildman–Crippen LogP) is 13.8. The topological polar surface area (TPSA) is 6.48 Å². The minimum Gasteiger partial charge on any atom is -0.305 e. The van der Waals surface area contributed by atoms with Gasteiger partial charge < -0.3 is 9.80 Å². The molecule has 0 N–H and O–H groups in total. The molecule has 0 amide bonds. The first-order chi connectivity index (χ1) is 27.0. The molecule has 0 heterocycles. The van der Waals surface area contributed by atoms with Gasteiger partial charge in [-0.15, -0.1) is 0 Å². The molecule has 58 heavy (non-hydrogen) atoms. The van der Waals surface area contributed by atoms with Crippen LogP contribution in [-0.2, 0) is 12.4 Å². The number of rotatable bonds is 7. The average molecular weight is 843 g/mol. The Kier molecular flexibility index (Phi) is 10.8. The van der Waals surface area contributed by atoms with Crippen molar-refractivity contribution in [2.45, 2.75) is 25.2 Å². The summed E-state index contributed by atoms with van der Waals surface area (Å²) in [5.41, 5.74) is -15.0. The van der Waals surface area contributed by atoms with Crippen LogP contribution in [0.4, 0.5) is 107 Å². The van der Waals surface area contributed by atoms with Crippen molar-refractivity contribution in [2.75, 3.05) is 9.80 Å². The highest BCUT2D eigenvalue weighted by atomic mass is 19.4. The number of halogens is 18. The van der Waals surface area contributed by atoms with Crippen molar-refractivity contribution < 1.29 is 79.0 Å². The van der Waals surface area contributed by atoms with Crippen molar-refractivity contribution in [2.24, 2.45) is 0 Å². The number of allylic oxidation sites excluding steroid dienone is 3. The average Bonchev–Trinajstić information content (AvgIpc) is 3.12. The molecule has 304 valence electrons. The molecule has 0 unspecified atom stereocenters. The zero-order valence-electron chi connectivity index (χ0n) is 28.0. The van der Waals surface area contributed by atoms with Crippen LogP contribution in [0.5, 0.6) is 0 Å². The molecule has 0 fully saturated rings. The van der Waals surface area contributed by atoms with E-state index < -0.39 is 145 Å². The molecule has 0 saturated carbocycles. The molecule has 5 aromatic carbocycles. The van der Waals surface area contributed by atoms with Crippen LogP contribution in [-0.4, -0.2) is 0 Å². The summed E-state index contributed by atoms with van der Waals surface area (Å²) in [6.45, 7) is 0. The second-order valence-corrected chi connectivity index (χ2v) is 12.2. The lowest BCUT2D eigenvalue weighted by molar-refractivity contribution is -0.144. The van der Waals surface area contributed by atoms with Gasteiger partial charge in [0.1, 0.15) is 45.8 Å². The molecule has 5 aromatic rings. The van der Waals surface area contributed by atoms with Crippen molar-refractivity contribution in [3.8, 4) is 0 Å². The van der Waals surface area contributed by atoms with Crippen LogP contribution >= 0.6 is 0 Å². The molecule has 2 nitrogen and oxygen atoms in total. The summed E-state index contributed by atoms with van der Waals surface area (Å²) in [6.07, 6.45) is -10.7. The van der Waals surface area contributed by atoms with Crippen molar-refractivity contribution in [1.29, 1.82) is 0 Å². The number of anilines is 5. The number of hydrogen-bond acceptors (Lipinski definition) is 2. The Balaban J connectivity index is 1.75. The van der Waals surface area contributed by atoms with Gasteiger partial charge >= 0.3 is 12.4 Å². The van der Waals surface area contributed by atoms with E-state index in [2.05, 4.69) is 0 Å². The van der Waals surface area contributed by atoms with E-state index >= 15 is 35.1 Å². The quantitative estimate of drug-likeness (QED) is 0.119. The Morgan fingerprint density at radius 1 is 0.448 bits per heavy atom. The molecule has 1 aliphatic carbocycles. The summed E-state index contributed by atoms with van der Waals surface area (Å²) in [7, 11) is 0. The summed E-state index contributed by atoms with van der Waals surface area (Å²) in [5, 5.41) is 0. The molecule has 0 radical (unpaired) electrons. The number of nitrogens with zero attached hydrogens (tertiary/aromatic N) is 2. The first-order valence-corrected chi connectivity index (χ1v) is 15.9. The lowest BCUT2D eigenvalue weighted by Gasteiger charge is -2.34. The number of hydrogen-bond donors (Lipinski definition) is 0.